The molecular formula is C16H22N2O3. The first kappa shape index (κ1) is 14.2. The molecule has 2 N–H and O–H groups in total. The monoisotopic (exact) mass is 290 g/mol. The summed E-state index contributed by atoms with van der Waals surface area (Å²) < 4.78 is 11.1. The maximum atomic E-state index is 12.3. The standard InChI is InChI=1S/C16H22N2O3/c17-11-13(10-16(19)18-5-1-2-6-18)12-3-4-14-15(9-12)21-8-7-20-14/h3-4,9,13H,1-2,5-8,10-11,17H2. The fourth-order valence-electron chi connectivity index (χ4n) is 2.96. The predicted octanol–water partition coefficient (Wildman–Crippen LogP) is 1.51. The van der Waals surface area contributed by atoms with Gasteiger partial charge >= 0.3 is 0 Å². The van der Waals surface area contributed by atoms with Crippen LogP contribution in [0.15, 0.2) is 18.2 Å². The van der Waals surface area contributed by atoms with Crippen molar-refractivity contribution in [2.75, 3.05) is 32.8 Å². The molecule has 0 radical (unpaired) electrons. The minimum Gasteiger partial charge on any atom is -0.486 e. The predicted molar refractivity (Wildman–Crippen MR) is 79.7 cm³/mol. The number of ether oxygens (including phenoxy) is 2. The summed E-state index contributed by atoms with van der Waals surface area (Å²) in [5.41, 5.74) is 6.94. The van der Waals surface area contributed by atoms with Crippen LogP contribution in [0.5, 0.6) is 11.5 Å². The van der Waals surface area contributed by atoms with E-state index in [1.165, 1.54) is 0 Å². The van der Waals surface area contributed by atoms with Gasteiger partial charge in [0.1, 0.15) is 13.2 Å². The molecule has 5 nitrogen and oxygen atoms in total. The highest BCUT2D eigenvalue weighted by Crippen LogP contribution is 2.34. The first-order valence-corrected chi connectivity index (χ1v) is 7.65. The van der Waals surface area contributed by atoms with Gasteiger partial charge in [-0.1, -0.05) is 6.07 Å². The molecule has 0 bridgehead atoms. The van der Waals surface area contributed by atoms with Crippen molar-refractivity contribution in [3.8, 4) is 11.5 Å². The summed E-state index contributed by atoms with van der Waals surface area (Å²) in [6.45, 7) is 3.38. The summed E-state index contributed by atoms with van der Waals surface area (Å²) in [7, 11) is 0. The van der Waals surface area contributed by atoms with Crippen LogP contribution in [0, 0.1) is 0 Å². The second kappa shape index (κ2) is 6.35. The molecule has 3 rings (SSSR count). The number of nitrogens with zero attached hydrogens (tertiary/aromatic N) is 1. The molecule has 1 amide bonds. The molecule has 1 aromatic rings. The molecule has 1 saturated heterocycles. The quantitative estimate of drug-likeness (QED) is 0.913. The van der Waals surface area contributed by atoms with Crippen LogP contribution in [0.1, 0.15) is 30.7 Å². The normalized spacial score (nSPS) is 18.6. The number of carbonyl (C=O) groups is 1. The van der Waals surface area contributed by atoms with Crippen molar-refractivity contribution in [2.24, 2.45) is 5.73 Å². The van der Waals surface area contributed by atoms with E-state index in [0.717, 1.165) is 43.0 Å². The molecule has 0 aliphatic carbocycles. The fraction of sp³-hybridized carbons (Fsp3) is 0.562. The molecule has 5 heteroatoms. The maximum absolute atomic E-state index is 12.3. The van der Waals surface area contributed by atoms with Crippen molar-refractivity contribution in [3.05, 3.63) is 23.8 Å². The molecule has 1 unspecified atom stereocenters. The van der Waals surface area contributed by atoms with Crippen LogP contribution >= 0.6 is 0 Å². The van der Waals surface area contributed by atoms with E-state index in [1.54, 1.807) is 0 Å². The van der Waals surface area contributed by atoms with E-state index < -0.39 is 0 Å². The van der Waals surface area contributed by atoms with Crippen LogP contribution in [-0.2, 0) is 4.79 Å². The van der Waals surface area contributed by atoms with Gasteiger partial charge in [0.15, 0.2) is 11.5 Å². The molecule has 2 aliphatic heterocycles. The Morgan fingerprint density at radius 3 is 2.62 bits per heavy atom. The second-order valence-corrected chi connectivity index (χ2v) is 5.63. The zero-order chi connectivity index (χ0) is 14.7. The van der Waals surface area contributed by atoms with Crippen LogP contribution < -0.4 is 15.2 Å². The number of fused-ring (bicyclic) bond motifs is 1. The third-order valence-electron chi connectivity index (χ3n) is 4.20. The van der Waals surface area contributed by atoms with Crippen LogP contribution in [-0.4, -0.2) is 43.7 Å². The number of hydrogen-bond acceptors (Lipinski definition) is 4. The molecule has 0 spiro atoms. The zero-order valence-electron chi connectivity index (χ0n) is 12.2. The first-order valence-electron chi connectivity index (χ1n) is 7.65. The van der Waals surface area contributed by atoms with Gasteiger partial charge in [-0.2, -0.15) is 0 Å². The van der Waals surface area contributed by atoms with Crippen LogP contribution in [0.25, 0.3) is 0 Å². The number of carbonyl (C=O) groups excluding carboxylic acids is 1. The zero-order valence-corrected chi connectivity index (χ0v) is 12.2. The Bertz CT molecular complexity index is 512. The largest absolute Gasteiger partial charge is 0.486 e. The van der Waals surface area contributed by atoms with E-state index in [0.29, 0.717) is 26.2 Å². The average molecular weight is 290 g/mol. The molecule has 0 aromatic heterocycles. The van der Waals surface area contributed by atoms with Crippen molar-refractivity contribution in [1.82, 2.24) is 4.90 Å². The number of nitrogens with two attached hydrogens (primary N) is 1. The number of hydrogen-bond donors (Lipinski definition) is 1. The Balaban J connectivity index is 1.71. The Morgan fingerprint density at radius 1 is 1.19 bits per heavy atom. The minimum atomic E-state index is 0.0360. The Kier molecular flexibility index (Phi) is 4.29. The number of benzene rings is 1. The van der Waals surface area contributed by atoms with E-state index >= 15 is 0 Å². The number of amides is 1. The van der Waals surface area contributed by atoms with E-state index in [-0.39, 0.29) is 11.8 Å². The van der Waals surface area contributed by atoms with Crippen LogP contribution in [0.2, 0.25) is 0 Å². The molecule has 2 heterocycles. The van der Waals surface area contributed by atoms with Crippen LogP contribution in [0.3, 0.4) is 0 Å². The summed E-state index contributed by atoms with van der Waals surface area (Å²) in [4.78, 5) is 14.2. The molecule has 114 valence electrons. The maximum Gasteiger partial charge on any atom is 0.223 e. The lowest BCUT2D eigenvalue weighted by molar-refractivity contribution is -0.130. The summed E-state index contributed by atoms with van der Waals surface area (Å²) in [5.74, 6) is 1.77. The van der Waals surface area contributed by atoms with Crippen LogP contribution in [0.4, 0.5) is 0 Å². The first-order chi connectivity index (χ1) is 10.3. The summed E-state index contributed by atoms with van der Waals surface area (Å²) >= 11 is 0. The third kappa shape index (κ3) is 3.13. The van der Waals surface area contributed by atoms with E-state index in [4.69, 9.17) is 15.2 Å². The van der Waals surface area contributed by atoms with Gasteiger partial charge in [0.25, 0.3) is 0 Å². The summed E-state index contributed by atoms with van der Waals surface area (Å²) in [5, 5.41) is 0. The van der Waals surface area contributed by atoms with Gasteiger partial charge in [-0.15, -0.1) is 0 Å². The molecule has 1 aromatic carbocycles. The van der Waals surface area contributed by atoms with Gasteiger partial charge in [0, 0.05) is 25.4 Å². The van der Waals surface area contributed by atoms with Gasteiger partial charge in [-0.05, 0) is 37.1 Å². The third-order valence-corrected chi connectivity index (χ3v) is 4.20. The van der Waals surface area contributed by atoms with Crippen molar-refractivity contribution in [1.29, 1.82) is 0 Å². The van der Waals surface area contributed by atoms with E-state index in [1.807, 2.05) is 23.1 Å². The topological polar surface area (TPSA) is 64.8 Å². The molecular weight excluding hydrogens is 268 g/mol. The molecule has 21 heavy (non-hydrogen) atoms. The highest BCUT2D eigenvalue weighted by Gasteiger charge is 2.23. The van der Waals surface area contributed by atoms with Gasteiger partial charge in [0.2, 0.25) is 5.91 Å². The van der Waals surface area contributed by atoms with Crippen molar-refractivity contribution in [3.63, 3.8) is 0 Å². The lowest BCUT2D eigenvalue weighted by Gasteiger charge is -2.23. The Hall–Kier alpha value is -1.75. The average Bonchev–Trinajstić information content (AvgIpc) is 3.06. The van der Waals surface area contributed by atoms with E-state index in [9.17, 15) is 4.79 Å². The molecule has 0 saturated carbocycles. The summed E-state index contributed by atoms with van der Waals surface area (Å²) in [6, 6.07) is 5.86. The number of likely N-dealkylation sites (tertiary alicyclic amines) is 1. The van der Waals surface area contributed by atoms with Crippen molar-refractivity contribution < 1.29 is 14.3 Å². The summed E-state index contributed by atoms with van der Waals surface area (Å²) in [6.07, 6.45) is 2.70. The molecule has 2 aliphatic rings. The highest BCUT2D eigenvalue weighted by molar-refractivity contribution is 5.77. The van der Waals surface area contributed by atoms with Gasteiger partial charge in [-0.3, -0.25) is 4.79 Å². The Labute approximate surface area is 125 Å². The van der Waals surface area contributed by atoms with Crippen molar-refractivity contribution >= 4 is 5.91 Å². The van der Waals surface area contributed by atoms with E-state index in [2.05, 4.69) is 0 Å². The van der Waals surface area contributed by atoms with Gasteiger partial charge in [-0.25, -0.2) is 0 Å². The molecule has 1 atom stereocenters. The second-order valence-electron chi connectivity index (χ2n) is 5.63. The molecule has 1 fully saturated rings. The highest BCUT2D eigenvalue weighted by atomic mass is 16.6. The Morgan fingerprint density at radius 2 is 1.90 bits per heavy atom. The fourth-order valence-corrected chi connectivity index (χ4v) is 2.96. The number of rotatable bonds is 4. The minimum absolute atomic E-state index is 0.0360. The SMILES string of the molecule is NCC(CC(=O)N1CCCC1)c1ccc2c(c1)OCCO2. The lowest BCUT2D eigenvalue weighted by Crippen LogP contribution is -2.30. The smallest absolute Gasteiger partial charge is 0.223 e. The van der Waals surface area contributed by atoms with Gasteiger partial charge < -0.3 is 20.1 Å². The van der Waals surface area contributed by atoms with Crippen molar-refractivity contribution in [2.45, 2.75) is 25.2 Å². The van der Waals surface area contributed by atoms with Gasteiger partial charge in [0.05, 0.1) is 0 Å². The lowest BCUT2D eigenvalue weighted by atomic mass is 9.94.